The van der Waals surface area contributed by atoms with Crippen molar-refractivity contribution < 1.29 is 0 Å². The van der Waals surface area contributed by atoms with Gasteiger partial charge < -0.3 is 10.6 Å². The molecule has 0 spiro atoms. The van der Waals surface area contributed by atoms with Crippen molar-refractivity contribution in [2.24, 2.45) is 5.73 Å². The van der Waals surface area contributed by atoms with E-state index in [-0.39, 0.29) is 0 Å². The van der Waals surface area contributed by atoms with Crippen LogP contribution in [0.25, 0.3) is 0 Å². The number of nitrogens with two attached hydrogens (primary N) is 1. The van der Waals surface area contributed by atoms with Gasteiger partial charge in [0.2, 0.25) is 0 Å². The Balaban J connectivity index is 2.31. The van der Waals surface area contributed by atoms with Crippen LogP contribution >= 0.6 is 34.8 Å². The monoisotopic (exact) mass is 346 g/mol. The third-order valence-electron chi connectivity index (χ3n) is 3.19. The van der Waals surface area contributed by atoms with Gasteiger partial charge in [0.1, 0.15) is 0 Å². The van der Waals surface area contributed by atoms with Crippen molar-refractivity contribution in [2.75, 3.05) is 20.6 Å². The number of likely N-dealkylation sites (N-methyl/N-ethyl adjacent to an activating group) is 1. The Labute approximate surface area is 139 Å². The van der Waals surface area contributed by atoms with Gasteiger partial charge in [-0.1, -0.05) is 40.9 Å². The van der Waals surface area contributed by atoms with E-state index in [0.29, 0.717) is 21.6 Å². The van der Waals surface area contributed by atoms with E-state index in [0.717, 1.165) is 17.8 Å². The SMILES string of the molecule is CN(C)CCn1ncc(Cl)c1C(N)c1ccc(Cl)c(Cl)c1. The predicted molar refractivity (Wildman–Crippen MR) is 88.3 cm³/mol. The molecule has 0 bridgehead atoms. The molecule has 0 fully saturated rings. The molecule has 0 aliphatic rings. The lowest BCUT2D eigenvalue weighted by molar-refractivity contribution is 0.368. The lowest BCUT2D eigenvalue weighted by atomic mass is 10.0. The molecule has 0 saturated heterocycles. The van der Waals surface area contributed by atoms with Gasteiger partial charge in [-0.05, 0) is 31.8 Å². The summed E-state index contributed by atoms with van der Waals surface area (Å²) in [5, 5.41) is 5.81. The standard InChI is InChI=1S/C14H17Cl3N4/c1-20(2)5-6-21-14(12(17)8-19-21)13(18)9-3-4-10(15)11(16)7-9/h3-4,7-8,13H,5-6,18H2,1-2H3. The molecule has 0 radical (unpaired) electrons. The third-order valence-corrected chi connectivity index (χ3v) is 4.22. The summed E-state index contributed by atoms with van der Waals surface area (Å²) in [4.78, 5) is 2.07. The van der Waals surface area contributed by atoms with E-state index in [1.54, 1.807) is 18.3 Å². The van der Waals surface area contributed by atoms with Crippen molar-refractivity contribution in [2.45, 2.75) is 12.6 Å². The summed E-state index contributed by atoms with van der Waals surface area (Å²) in [6.07, 6.45) is 1.62. The first-order valence-corrected chi connectivity index (χ1v) is 7.60. The van der Waals surface area contributed by atoms with Crippen LogP contribution in [0.5, 0.6) is 0 Å². The molecule has 1 aromatic heterocycles. The lowest BCUT2D eigenvalue weighted by Crippen LogP contribution is -2.23. The Morgan fingerprint density at radius 3 is 2.52 bits per heavy atom. The highest BCUT2D eigenvalue weighted by Crippen LogP contribution is 2.30. The molecule has 114 valence electrons. The first-order valence-electron chi connectivity index (χ1n) is 6.46. The quantitative estimate of drug-likeness (QED) is 0.901. The van der Waals surface area contributed by atoms with Crippen molar-refractivity contribution in [1.29, 1.82) is 0 Å². The number of halogens is 3. The highest BCUT2D eigenvalue weighted by Gasteiger charge is 2.19. The van der Waals surface area contributed by atoms with Crippen LogP contribution in [0.3, 0.4) is 0 Å². The summed E-state index contributed by atoms with van der Waals surface area (Å²) in [6.45, 7) is 1.56. The Bertz CT molecular complexity index is 625. The van der Waals surface area contributed by atoms with Crippen LogP contribution in [0.15, 0.2) is 24.4 Å². The van der Waals surface area contributed by atoms with E-state index in [4.69, 9.17) is 40.5 Å². The van der Waals surface area contributed by atoms with Crippen molar-refractivity contribution in [1.82, 2.24) is 14.7 Å². The van der Waals surface area contributed by atoms with Crippen LogP contribution in [-0.4, -0.2) is 35.3 Å². The zero-order valence-corrected chi connectivity index (χ0v) is 14.1. The molecule has 2 aromatic rings. The minimum Gasteiger partial charge on any atom is -0.319 e. The van der Waals surface area contributed by atoms with Gasteiger partial charge in [-0.2, -0.15) is 5.10 Å². The minimum atomic E-state index is -0.406. The second kappa shape index (κ2) is 6.99. The van der Waals surface area contributed by atoms with Crippen molar-refractivity contribution in [3.05, 3.63) is 50.7 Å². The lowest BCUT2D eigenvalue weighted by Gasteiger charge is -2.17. The van der Waals surface area contributed by atoms with Gasteiger partial charge in [-0.15, -0.1) is 0 Å². The molecule has 0 aliphatic carbocycles. The van der Waals surface area contributed by atoms with Gasteiger partial charge in [-0.3, -0.25) is 4.68 Å². The van der Waals surface area contributed by atoms with Crippen LogP contribution in [0.4, 0.5) is 0 Å². The summed E-state index contributed by atoms with van der Waals surface area (Å²) in [5.41, 5.74) is 7.95. The van der Waals surface area contributed by atoms with E-state index in [1.165, 1.54) is 0 Å². The Kier molecular flexibility index (Phi) is 5.52. The molecule has 7 heteroatoms. The van der Waals surface area contributed by atoms with Crippen LogP contribution in [0.1, 0.15) is 17.3 Å². The first kappa shape index (κ1) is 16.6. The maximum absolute atomic E-state index is 6.33. The Morgan fingerprint density at radius 2 is 1.90 bits per heavy atom. The van der Waals surface area contributed by atoms with Gasteiger partial charge in [0, 0.05) is 6.54 Å². The molecule has 1 atom stereocenters. The maximum Gasteiger partial charge on any atom is 0.0837 e. The summed E-state index contributed by atoms with van der Waals surface area (Å²) >= 11 is 18.2. The fraction of sp³-hybridized carbons (Fsp3) is 0.357. The number of rotatable bonds is 5. The molecular weight excluding hydrogens is 331 g/mol. The van der Waals surface area contributed by atoms with Gasteiger partial charge in [0.25, 0.3) is 0 Å². The average Bonchev–Trinajstić information content (AvgIpc) is 2.80. The van der Waals surface area contributed by atoms with Crippen molar-refractivity contribution >= 4 is 34.8 Å². The number of benzene rings is 1. The van der Waals surface area contributed by atoms with E-state index in [1.807, 2.05) is 24.8 Å². The maximum atomic E-state index is 6.33. The normalized spacial score (nSPS) is 12.9. The number of nitrogens with zero attached hydrogens (tertiary/aromatic N) is 3. The summed E-state index contributed by atoms with van der Waals surface area (Å²) in [7, 11) is 4.01. The van der Waals surface area contributed by atoms with Crippen molar-refractivity contribution in [3.8, 4) is 0 Å². The summed E-state index contributed by atoms with van der Waals surface area (Å²) < 4.78 is 1.83. The molecule has 21 heavy (non-hydrogen) atoms. The van der Waals surface area contributed by atoms with Crippen molar-refractivity contribution in [3.63, 3.8) is 0 Å². The molecule has 2 rings (SSSR count). The second-order valence-electron chi connectivity index (χ2n) is 5.06. The van der Waals surface area contributed by atoms with Crippen LogP contribution in [-0.2, 0) is 6.54 Å². The highest BCUT2D eigenvalue weighted by molar-refractivity contribution is 6.42. The van der Waals surface area contributed by atoms with E-state index in [2.05, 4.69) is 10.00 Å². The third kappa shape index (κ3) is 3.90. The second-order valence-corrected chi connectivity index (χ2v) is 6.28. The molecule has 1 heterocycles. The fourth-order valence-corrected chi connectivity index (χ4v) is 2.58. The average molecular weight is 348 g/mol. The molecular formula is C14H17Cl3N4. The van der Waals surface area contributed by atoms with E-state index < -0.39 is 6.04 Å². The largest absolute Gasteiger partial charge is 0.319 e. The smallest absolute Gasteiger partial charge is 0.0837 e. The van der Waals surface area contributed by atoms with E-state index >= 15 is 0 Å². The van der Waals surface area contributed by atoms with Crippen LogP contribution < -0.4 is 5.73 Å². The zero-order valence-electron chi connectivity index (χ0n) is 11.9. The van der Waals surface area contributed by atoms with Gasteiger partial charge in [0.05, 0.1) is 39.5 Å². The molecule has 1 aromatic carbocycles. The first-order chi connectivity index (χ1) is 9.90. The molecule has 4 nitrogen and oxygen atoms in total. The predicted octanol–water partition coefficient (Wildman–Crippen LogP) is 3.45. The molecule has 2 N–H and O–H groups in total. The fourth-order valence-electron chi connectivity index (χ4n) is 2.02. The summed E-state index contributed by atoms with van der Waals surface area (Å²) in [6, 6.07) is 4.93. The summed E-state index contributed by atoms with van der Waals surface area (Å²) in [5.74, 6) is 0. The van der Waals surface area contributed by atoms with E-state index in [9.17, 15) is 0 Å². The molecule has 1 unspecified atom stereocenters. The number of aromatic nitrogens is 2. The van der Waals surface area contributed by atoms with Gasteiger partial charge in [0.15, 0.2) is 0 Å². The van der Waals surface area contributed by atoms with Crippen LogP contribution in [0.2, 0.25) is 15.1 Å². The van der Waals surface area contributed by atoms with Gasteiger partial charge in [-0.25, -0.2) is 0 Å². The number of hydrogen-bond acceptors (Lipinski definition) is 3. The molecule has 0 aliphatic heterocycles. The van der Waals surface area contributed by atoms with Crippen LogP contribution in [0, 0.1) is 0 Å². The minimum absolute atomic E-state index is 0.406. The highest BCUT2D eigenvalue weighted by atomic mass is 35.5. The zero-order chi connectivity index (χ0) is 15.6. The Hall–Kier alpha value is -0.780. The number of hydrogen-bond donors (Lipinski definition) is 1. The Morgan fingerprint density at radius 1 is 1.19 bits per heavy atom. The molecule has 0 saturated carbocycles. The van der Waals surface area contributed by atoms with Gasteiger partial charge >= 0.3 is 0 Å². The topological polar surface area (TPSA) is 47.1 Å². The molecule has 0 amide bonds.